The minimum Gasteiger partial charge on any atom is -0.494 e. The van der Waals surface area contributed by atoms with E-state index < -0.39 is 5.54 Å². The molecule has 0 radical (unpaired) electrons. The monoisotopic (exact) mass is 455 g/mol. The van der Waals surface area contributed by atoms with Crippen molar-refractivity contribution in [3.05, 3.63) is 40.0 Å². The zero-order valence-corrected chi connectivity index (χ0v) is 16.3. The summed E-state index contributed by atoms with van der Waals surface area (Å²) in [5.74, 6) is 0.872. The molecule has 0 aliphatic carbocycles. The smallest absolute Gasteiger partial charge is 0.119 e. The lowest BCUT2D eigenvalue weighted by Crippen LogP contribution is -2.47. The molecule has 23 heavy (non-hydrogen) atoms. The first-order valence-electron chi connectivity index (χ1n) is 7.61. The van der Waals surface area contributed by atoms with Crippen LogP contribution in [-0.4, -0.2) is 35.6 Å². The third-order valence-electron chi connectivity index (χ3n) is 3.59. The number of benzene rings is 1. The molecule has 0 saturated carbocycles. The van der Waals surface area contributed by atoms with Crippen molar-refractivity contribution >= 4 is 35.0 Å². The van der Waals surface area contributed by atoms with Crippen LogP contribution in [-0.2, 0) is 6.42 Å². The summed E-state index contributed by atoms with van der Waals surface area (Å²) in [6.07, 6.45) is 6.71. The van der Waals surface area contributed by atoms with Crippen molar-refractivity contribution in [2.24, 2.45) is 5.73 Å². The van der Waals surface area contributed by atoms with Crippen LogP contribution in [0, 0.1) is 0 Å². The van der Waals surface area contributed by atoms with Gasteiger partial charge >= 0.3 is 0 Å². The van der Waals surface area contributed by atoms with Crippen LogP contribution in [0.1, 0.15) is 31.2 Å². The number of halogens is 2. The molecule has 0 aliphatic rings. The third-order valence-corrected chi connectivity index (χ3v) is 4.10. The van der Waals surface area contributed by atoms with Crippen LogP contribution in [0.25, 0.3) is 0 Å². The summed E-state index contributed by atoms with van der Waals surface area (Å²) in [4.78, 5) is 0. The standard InChI is InChI=1S/C17H26INO3.ClH/c18-11-3-1-2-4-12-22-16-7-5-15(6-8-16)9-10-17(19,13-20)14-21;/h3,5-8,11,20-21H,1-2,4,9-10,12-14,19H2;1H/b11-3+;. The van der Waals surface area contributed by atoms with Gasteiger partial charge in [-0.15, -0.1) is 12.4 Å². The van der Waals surface area contributed by atoms with E-state index in [1.54, 1.807) is 0 Å². The molecule has 0 saturated heterocycles. The Morgan fingerprint density at radius 2 is 1.78 bits per heavy atom. The topological polar surface area (TPSA) is 75.7 Å². The van der Waals surface area contributed by atoms with Crippen LogP contribution in [0.4, 0.5) is 0 Å². The van der Waals surface area contributed by atoms with E-state index in [1.807, 2.05) is 28.3 Å². The minimum atomic E-state index is -0.901. The SMILES string of the molecule is Cl.NC(CO)(CO)CCc1ccc(OCCCC/C=C/I)cc1. The van der Waals surface area contributed by atoms with Crippen LogP contribution in [0.5, 0.6) is 5.75 Å². The normalized spacial score (nSPS) is 11.5. The van der Waals surface area contributed by atoms with E-state index in [9.17, 15) is 10.2 Å². The van der Waals surface area contributed by atoms with Gasteiger partial charge in [-0.1, -0.05) is 40.8 Å². The first-order valence-corrected chi connectivity index (χ1v) is 8.85. The van der Waals surface area contributed by atoms with Crippen molar-refractivity contribution in [1.29, 1.82) is 0 Å². The number of allylic oxidation sites excluding steroid dienone is 1. The number of ether oxygens (including phenoxy) is 1. The van der Waals surface area contributed by atoms with Crippen molar-refractivity contribution in [3.8, 4) is 5.75 Å². The van der Waals surface area contributed by atoms with Gasteiger partial charge < -0.3 is 20.7 Å². The number of aliphatic hydroxyl groups is 2. The Bertz CT molecular complexity index is 436. The van der Waals surface area contributed by atoms with Gasteiger partial charge in [0.05, 0.1) is 25.4 Å². The van der Waals surface area contributed by atoms with E-state index in [-0.39, 0.29) is 25.6 Å². The lowest BCUT2D eigenvalue weighted by molar-refractivity contribution is 0.115. The molecule has 6 heteroatoms. The summed E-state index contributed by atoms with van der Waals surface area (Å²) in [6, 6.07) is 7.92. The van der Waals surface area contributed by atoms with Crippen molar-refractivity contribution in [3.63, 3.8) is 0 Å². The molecule has 0 heterocycles. The maximum atomic E-state index is 9.17. The highest BCUT2D eigenvalue weighted by Crippen LogP contribution is 2.16. The summed E-state index contributed by atoms with van der Waals surface area (Å²) >= 11 is 2.23. The molecule has 1 aromatic carbocycles. The van der Waals surface area contributed by atoms with Gasteiger partial charge in [-0.05, 0) is 53.9 Å². The molecule has 0 bridgehead atoms. The van der Waals surface area contributed by atoms with Crippen molar-refractivity contribution < 1.29 is 14.9 Å². The number of rotatable bonds is 11. The van der Waals surface area contributed by atoms with E-state index >= 15 is 0 Å². The van der Waals surface area contributed by atoms with Gasteiger partial charge in [-0.2, -0.15) is 0 Å². The summed E-state index contributed by atoms with van der Waals surface area (Å²) in [6.45, 7) is 0.310. The van der Waals surface area contributed by atoms with Crippen molar-refractivity contribution in [2.45, 2.75) is 37.6 Å². The molecule has 0 amide bonds. The van der Waals surface area contributed by atoms with Gasteiger partial charge in [0.1, 0.15) is 5.75 Å². The van der Waals surface area contributed by atoms with Crippen molar-refractivity contribution in [1.82, 2.24) is 0 Å². The van der Waals surface area contributed by atoms with Crippen LogP contribution in [0.2, 0.25) is 0 Å². The van der Waals surface area contributed by atoms with Crippen LogP contribution in [0.3, 0.4) is 0 Å². The first-order chi connectivity index (χ1) is 10.6. The molecule has 1 aromatic rings. The van der Waals surface area contributed by atoms with E-state index in [0.717, 1.165) is 43.6 Å². The molecule has 0 spiro atoms. The van der Waals surface area contributed by atoms with Crippen LogP contribution in [0.15, 0.2) is 34.4 Å². The average molecular weight is 456 g/mol. The summed E-state index contributed by atoms with van der Waals surface area (Å²) < 4.78 is 7.74. The molecule has 0 fully saturated rings. The minimum absolute atomic E-state index is 0. The molecule has 132 valence electrons. The Kier molecular flexibility index (Phi) is 12.8. The quantitative estimate of drug-likeness (QED) is 0.354. The second kappa shape index (κ2) is 13.0. The van der Waals surface area contributed by atoms with Gasteiger partial charge in [0.15, 0.2) is 0 Å². The largest absolute Gasteiger partial charge is 0.494 e. The zero-order valence-electron chi connectivity index (χ0n) is 13.3. The number of hydrogen-bond donors (Lipinski definition) is 3. The van der Waals surface area contributed by atoms with Crippen molar-refractivity contribution in [2.75, 3.05) is 19.8 Å². The number of nitrogens with two attached hydrogens (primary N) is 1. The fourth-order valence-corrected chi connectivity index (χ4v) is 2.33. The molecule has 0 aliphatic heterocycles. The van der Waals surface area contributed by atoms with E-state index in [1.165, 1.54) is 0 Å². The molecule has 0 aromatic heterocycles. The Hall–Kier alpha value is -0.340. The Morgan fingerprint density at radius 1 is 1.13 bits per heavy atom. The van der Waals surface area contributed by atoms with E-state index in [0.29, 0.717) is 6.42 Å². The lowest BCUT2D eigenvalue weighted by Gasteiger charge is -2.24. The molecular weight excluding hydrogens is 429 g/mol. The highest BCUT2D eigenvalue weighted by Gasteiger charge is 2.22. The van der Waals surface area contributed by atoms with Gasteiger partial charge in [0, 0.05) is 0 Å². The fourth-order valence-electron chi connectivity index (χ4n) is 1.97. The van der Waals surface area contributed by atoms with Crippen LogP contribution >= 0.6 is 35.0 Å². The second-order valence-electron chi connectivity index (χ2n) is 5.53. The summed E-state index contributed by atoms with van der Waals surface area (Å²) in [5.41, 5.74) is 6.08. The number of unbranched alkanes of at least 4 members (excludes halogenated alkanes) is 2. The van der Waals surface area contributed by atoms with Gasteiger partial charge in [-0.25, -0.2) is 0 Å². The predicted octanol–water partition coefficient (Wildman–Crippen LogP) is 3.22. The van der Waals surface area contributed by atoms with Gasteiger partial charge in [-0.3, -0.25) is 0 Å². The summed E-state index contributed by atoms with van der Waals surface area (Å²) in [5, 5.41) is 18.3. The van der Waals surface area contributed by atoms with E-state index in [4.69, 9.17) is 10.5 Å². The maximum Gasteiger partial charge on any atom is 0.119 e. The lowest BCUT2D eigenvalue weighted by atomic mass is 9.94. The second-order valence-corrected chi connectivity index (χ2v) is 6.25. The van der Waals surface area contributed by atoms with Gasteiger partial charge in [0.25, 0.3) is 0 Å². The molecule has 0 atom stereocenters. The van der Waals surface area contributed by atoms with Crippen LogP contribution < -0.4 is 10.5 Å². The number of hydrogen-bond acceptors (Lipinski definition) is 4. The van der Waals surface area contributed by atoms with E-state index in [2.05, 4.69) is 28.7 Å². The Morgan fingerprint density at radius 3 is 2.35 bits per heavy atom. The average Bonchev–Trinajstić information content (AvgIpc) is 2.57. The number of aryl methyl sites for hydroxylation is 1. The maximum absolute atomic E-state index is 9.17. The molecule has 4 N–H and O–H groups in total. The molecule has 0 unspecified atom stereocenters. The zero-order chi connectivity index (χ0) is 16.3. The molecule has 4 nitrogen and oxygen atoms in total. The molecule has 1 rings (SSSR count). The Labute approximate surface area is 158 Å². The first kappa shape index (κ1) is 22.7. The highest BCUT2D eigenvalue weighted by molar-refractivity contribution is 14.1. The predicted molar refractivity (Wildman–Crippen MR) is 106 cm³/mol. The fraction of sp³-hybridized carbons (Fsp3) is 0.529. The Balaban J connectivity index is 0.00000484. The third kappa shape index (κ3) is 9.52. The highest BCUT2D eigenvalue weighted by atomic mass is 127. The number of aliphatic hydroxyl groups excluding tert-OH is 2. The van der Waals surface area contributed by atoms with Gasteiger partial charge in [0.2, 0.25) is 0 Å². The summed E-state index contributed by atoms with van der Waals surface area (Å²) in [7, 11) is 0. The molecular formula is C17H27ClINO3.